The van der Waals surface area contributed by atoms with Gasteiger partial charge in [-0.2, -0.15) is 5.26 Å². The van der Waals surface area contributed by atoms with Gasteiger partial charge in [-0.05, 0) is 52.4 Å². The molecular formula is C17H24N4O4. The van der Waals surface area contributed by atoms with E-state index in [4.69, 9.17) is 4.74 Å². The summed E-state index contributed by atoms with van der Waals surface area (Å²) in [5, 5.41) is 21.8. The summed E-state index contributed by atoms with van der Waals surface area (Å²) in [6.45, 7) is 5.84. The molecule has 4 atom stereocenters. The third-order valence-electron chi connectivity index (χ3n) is 5.13. The van der Waals surface area contributed by atoms with Crippen LogP contribution >= 0.6 is 0 Å². The highest BCUT2D eigenvalue weighted by molar-refractivity contribution is 5.99. The molecule has 0 radical (unpaired) electrons. The summed E-state index contributed by atoms with van der Waals surface area (Å²) in [4.78, 5) is 28.8. The number of piperidine rings is 1. The molecule has 1 saturated carbocycles. The maximum atomic E-state index is 13.1. The van der Waals surface area contributed by atoms with Crippen molar-refractivity contribution in [1.82, 2.24) is 9.80 Å². The summed E-state index contributed by atoms with van der Waals surface area (Å²) in [7, 11) is 0. The summed E-state index contributed by atoms with van der Waals surface area (Å²) in [6.07, 6.45) is 1.95. The van der Waals surface area contributed by atoms with Crippen LogP contribution in [-0.4, -0.2) is 63.0 Å². The largest absolute Gasteiger partial charge is 0.444 e. The third-order valence-corrected chi connectivity index (χ3v) is 5.13. The minimum atomic E-state index is -0.689. The molecule has 2 amide bonds. The van der Waals surface area contributed by atoms with Gasteiger partial charge in [0.2, 0.25) is 5.91 Å². The van der Waals surface area contributed by atoms with Crippen molar-refractivity contribution in [1.29, 1.82) is 5.26 Å². The number of amides is 2. The smallest absolute Gasteiger partial charge is 0.411 e. The molecule has 3 fully saturated rings. The van der Waals surface area contributed by atoms with E-state index in [1.54, 1.807) is 25.7 Å². The van der Waals surface area contributed by atoms with E-state index in [0.29, 0.717) is 31.5 Å². The zero-order chi connectivity index (χ0) is 18.4. The van der Waals surface area contributed by atoms with Crippen LogP contribution in [0.2, 0.25) is 0 Å². The Morgan fingerprint density at radius 2 is 2.12 bits per heavy atom. The summed E-state index contributed by atoms with van der Waals surface area (Å²) in [5.74, 6) is -0.296. The standard InChI is InChI=1S/C17H24N4O4/c1-17(2,3)25-16(23)21-13-8-10(7-12(13)19-24)14(21)15(22)20-6-4-5-11(20)9-18/h10-11,13-14,24H,4-8H2,1-3H3/b19-12-/t10-,11+,13-,14+/m1/s1. The van der Waals surface area contributed by atoms with Gasteiger partial charge in [-0.1, -0.05) is 5.16 Å². The van der Waals surface area contributed by atoms with E-state index in [0.717, 1.165) is 6.42 Å². The van der Waals surface area contributed by atoms with Gasteiger partial charge in [0, 0.05) is 6.54 Å². The number of carbonyl (C=O) groups is 2. The highest BCUT2D eigenvalue weighted by atomic mass is 16.6. The Bertz CT molecular complexity index is 648. The summed E-state index contributed by atoms with van der Waals surface area (Å²) >= 11 is 0. The average molecular weight is 348 g/mol. The predicted molar refractivity (Wildman–Crippen MR) is 87.9 cm³/mol. The Balaban J connectivity index is 1.87. The second-order valence-electron chi connectivity index (χ2n) is 7.96. The van der Waals surface area contributed by atoms with E-state index in [-0.39, 0.29) is 11.8 Å². The lowest BCUT2D eigenvalue weighted by Crippen LogP contribution is -2.57. The highest BCUT2D eigenvalue weighted by Crippen LogP contribution is 2.43. The molecule has 3 rings (SSSR count). The number of nitrogens with zero attached hydrogens (tertiary/aromatic N) is 4. The van der Waals surface area contributed by atoms with Crippen LogP contribution in [0.25, 0.3) is 0 Å². The molecule has 0 aromatic heterocycles. The molecule has 25 heavy (non-hydrogen) atoms. The molecule has 3 aliphatic rings. The van der Waals surface area contributed by atoms with Crippen LogP contribution in [0.4, 0.5) is 4.79 Å². The molecule has 8 nitrogen and oxygen atoms in total. The normalized spacial score (nSPS) is 33.0. The number of oxime groups is 1. The van der Waals surface area contributed by atoms with E-state index < -0.39 is 29.8 Å². The number of hydrogen-bond acceptors (Lipinski definition) is 6. The van der Waals surface area contributed by atoms with Crippen molar-refractivity contribution in [2.75, 3.05) is 6.54 Å². The van der Waals surface area contributed by atoms with Gasteiger partial charge >= 0.3 is 6.09 Å². The molecule has 2 saturated heterocycles. The first-order chi connectivity index (χ1) is 11.8. The molecule has 0 aromatic carbocycles. The fraction of sp³-hybridized carbons (Fsp3) is 0.765. The maximum absolute atomic E-state index is 13.1. The lowest BCUT2D eigenvalue weighted by atomic mass is 9.96. The third kappa shape index (κ3) is 3.03. The zero-order valence-corrected chi connectivity index (χ0v) is 14.8. The quantitative estimate of drug-likeness (QED) is 0.574. The monoisotopic (exact) mass is 348 g/mol. The minimum Gasteiger partial charge on any atom is -0.444 e. The number of ether oxygens (including phenoxy) is 1. The van der Waals surface area contributed by atoms with E-state index in [2.05, 4.69) is 11.2 Å². The molecule has 1 aliphatic carbocycles. The summed E-state index contributed by atoms with van der Waals surface area (Å²) in [5.41, 5.74) is -0.176. The van der Waals surface area contributed by atoms with E-state index in [9.17, 15) is 20.1 Å². The molecule has 2 bridgehead atoms. The fourth-order valence-corrected chi connectivity index (χ4v) is 4.16. The van der Waals surface area contributed by atoms with Crippen molar-refractivity contribution in [3.63, 3.8) is 0 Å². The van der Waals surface area contributed by atoms with Crippen molar-refractivity contribution in [2.24, 2.45) is 11.1 Å². The lowest BCUT2D eigenvalue weighted by molar-refractivity contribution is -0.137. The Hall–Kier alpha value is -2.30. The van der Waals surface area contributed by atoms with Gasteiger partial charge in [0.1, 0.15) is 17.7 Å². The molecule has 8 heteroatoms. The first-order valence-electron chi connectivity index (χ1n) is 8.69. The van der Waals surface area contributed by atoms with Crippen molar-refractivity contribution in [3.05, 3.63) is 0 Å². The molecule has 0 aromatic rings. The van der Waals surface area contributed by atoms with Crippen LogP contribution < -0.4 is 0 Å². The Labute approximate surface area is 147 Å². The number of carbonyl (C=O) groups excluding carboxylic acids is 2. The van der Waals surface area contributed by atoms with Crippen molar-refractivity contribution < 1.29 is 19.5 Å². The van der Waals surface area contributed by atoms with E-state index in [1.165, 1.54) is 4.90 Å². The Morgan fingerprint density at radius 1 is 1.40 bits per heavy atom. The fourth-order valence-electron chi connectivity index (χ4n) is 4.16. The van der Waals surface area contributed by atoms with Crippen LogP contribution in [-0.2, 0) is 9.53 Å². The van der Waals surface area contributed by atoms with Gasteiger partial charge in [0.15, 0.2) is 0 Å². The van der Waals surface area contributed by atoms with Crippen molar-refractivity contribution in [2.45, 2.75) is 70.2 Å². The first kappa shape index (κ1) is 17.5. The second-order valence-corrected chi connectivity index (χ2v) is 7.96. The highest BCUT2D eigenvalue weighted by Gasteiger charge is 2.57. The molecule has 2 aliphatic heterocycles. The van der Waals surface area contributed by atoms with Crippen LogP contribution in [0.5, 0.6) is 0 Å². The molecular weight excluding hydrogens is 324 g/mol. The van der Waals surface area contributed by atoms with Gasteiger partial charge in [-0.3, -0.25) is 9.69 Å². The number of rotatable bonds is 1. The average Bonchev–Trinajstić information content (AvgIpc) is 3.24. The lowest BCUT2D eigenvalue weighted by Gasteiger charge is -2.37. The summed E-state index contributed by atoms with van der Waals surface area (Å²) in [6, 6.07) is 0.671. The van der Waals surface area contributed by atoms with Gasteiger partial charge < -0.3 is 14.8 Å². The van der Waals surface area contributed by atoms with E-state index >= 15 is 0 Å². The van der Waals surface area contributed by atoms with Gasteiger partial charge in [-0.15, -0.1) is 0 Å². The van der Waals surface area contributed by atoms with Crippen molar-refractivity contribution >= 4 is 17.7 Å². The zero-order valence-electron chi connectivity index (χ0n) is 14.8. The summed E-state index contributed by atoms with van der Waals surface area (Å²) < 4.78 is 5.48. The molecule has 2 heterocycles. The van der Waals surface area contributed by atoms with Crippen LogP contribution in [0.1, 0.15) is 46.5 Å². The molecule has 0 unspecified atom stereocenters. The first-order valence-corrected chi connectivity index (χ1v) is 8.69. The maximum Gasteiger partial charge on any atom is 0.411 e. The topological polar surface area (TPSA) is 106 Å². The second kappa shape index (κ2) is 6.21. The van der Waals surface area contributed by atoms with Gasteiger partial charge in [0.05, 0.1) is 17.8 Å². The number of likely N-dealkylation sites (tertiary alicyclic amines) is 2. The Kier molecular flexibility index (Phi) is 4.35. The van der Waals surface area contributed by atoms with Crippen molar-refractivity contribution in [3.8, 4) is 6.07 Å². The number of fused-ring (bicyclic) bond motifs is 2. The number of hydrogen-bond donors (Lipinski definition) is 1. The Morgan fingerprint density at radius 3 is 2.72 bits per heavy atom. The molecule has 136 valence electrons. The van der Waals surface area contributed by atoms with Crippen LogP contribution in [0, 0.1) is 17.2 Å². The SMILES string of the molecule is CC(C)(C)OC(=O)N1[C@@H]2C[C@@H](C/C2=N/O)[C@H]1C(=O)N1CCC[C@H]1C#N. The van der Waals surface area contributed by atoms with Gasteiger partial charge in [0.25, 0.3) is 0 Å². The van der Waals surface area contributed by atoms with Crippen LogP contribution in [0.15, 0.2) is 5.16 Å². The predicted octanol–water partition coefficient (Wildman–Crippen LogP) is 1.73. The minimum absolute atomic E-state index is 0.101. The molecule has 1 N–H and O–H groups in total. The van der Waals surface area contributed by atoms with E-state index in [1.807, 2.05) is 0 Å². The number of nitriles is 1. The van der Waals surface area contributed by atoms with Crippen LogP contribution in [0.3, 0.4) is 0 Å². The molecule has 0 spiro atoms. The van der Waals surface area contributed by atoms with Gasteiger partial charge in [-0.25, -0.2) is 4.79 Å².